The first-order chi connectivity index (χ1) is 16.2. The summed E-state index contributed by atoms with van der Waals surface area (Å²) >= 11 is 0. The van der Waals surface area contributed by atoms with Gasteiger partial charge in [-0.3, -0.25) is 0 Å². The fourth-order valence-corrected chi connectivity index (χ4v) is 9.38. The Labute approximate surface area is 202 Å². The third-order valence-corrected chi connectivity index (χ3v) is 11.3. The van der Waals surface area contributed by atoms with Gasteiger partial charge in [-0.25, -0.2) is 0 Å². The van der Waals surface area contributed by atoms with Gasteiger partial charge in [-0.1, -0.05) is 136 Å². The number of benzene rings is 4. The summed E-state index contributed by atoms with van der Waals surface area (Å²) in [5, 5.41) is 3.08. The van der Waals surface area contributed by atoms with Crippen molar-refractivity contribution in [1.29, 1.82) is 0 Å². The van der Waals surface area contributed by atoms with Crippen molar-refractivity contribution in [2.45, 2.75) is 32.6 Å². The van der Waals surface area contributed by atoms with Crippen molar-refractivity contribution in [3.8, 4) is 0 Å². The summed E-state index contributed by atoms with van der Waals surface area (Å²) in [7, 11) is -0.396. The lowest BCUT2D eigenvalue weighted by Gasteiger charge is -2.22. The molecule has 2 unspecified atom stereocenters. The van der Waals surface area contributed by atoms with Crippen molar-refractivity contribution in [1.82, 2.24) is 0 Å². The number of hydrogen-bond acceptors (Lipinski definition) is 0. The summed E-state index contributed by atoms with van der Waals surface area (Å²) in [4.78, 5) is 0. The molecule has 4 aromatic rings. The van der Waals surface area contributed by atoms with Crippen LogP contribution in [0.4, 0.5) is 0 Å². The lowest BCUT2D eigenvalue weighted by atomic mass is 10.2. The molecule has 0 aromatic heterocycles. The SMILES string of the molecule is Cc1cccc(CP(CCCP(Cc2cccc(C)c2)c2ccccc2)c2ccccc2)c1. The zero-order valence-electron chi connectivity index (χ0n) is 19.8. The molecule has 0 bridgehead atoms. The summed E-state index contributed by atoms with van der Waals surface area (Å²) in [6, 6.07) is 40.6. The lowest BCUT2D eigenvalue weighted by Crippen LogP contribution is -2.09. The molecule has 0 amide bonds. The first-order valence-corrected chi connectivity index (χ1v) is 15.3. The second-order valence-electron chi connectivity index (χ2n) is 8.85. The minimum Gasteiger partial charge on any atom is -0.0708 e. The van der Waals surface area contributed by atoms with Crippen LogP contribution < -0.4 is 10.6 Å². The molecule has 2 heteroatoms. The topological polar surface area (TPSA) is 0 Å². The Balaban J connectivity index is 1.48. The molecule has 0 heterocycles. The highest BCUT2D eigenvalue weighted by molar-refractivity contribution is 7.65. The Bertz CT molecular complexity index is 1030. The molecule has 0 aliphatic rings. The molecule has 0 N–H and O–H groups in total. The smallest absolute Gasteiger partial charge is 0.00327 e. The molecule has 168 valence electrons. The van der Waals surface area contributed by atoms with Crippen LogP contribution in [-0.4, -0.2) is 12.3 Å². The quantitative estimate of drug-likeness (QED) is 0.207. The standard InChI is InChI=1S/C31H34P2/c1-26-12-9-14-28(22-26)24-32(30-16-5-3-6-17-30)20-11-21-33(31-18-7-4-8-19-31)25-29-15-10-13-27(2)23-29/h3-10,12-19,22-23H,11,20-21,24-25H2,1-2H3. The van der Waals surface area contributed by atoms with Gasteiger partial charge < -0.3 is 0 Å². The van der Waals surface area contributed by atoms with Crippen LogP contribution in [0.5, 0.6) is 0 Å². The fourth-order valence-electron chi connectivity index (χ4n) is 4.39. The van der Waals surface area contributed by atoms with Gasteiger partial charge in [0.2, 0.25) is 0 Å². The highest BCUT2D eigenvalue weighted by Gasteiger charge is 2.16. The van der Waals surface area contributed by atoms with E-state index >= 15 is 0 Å². The molecule has 0 saturated carbocycles. The number of hydrogen-bond donors (Lipinski definition) is 0. The van der Waals surface area contributed by atoms with Crippen molar-refractivity contribution < 1.29 is 0 Å². The molecule has 4 aromatic carbocycles. The van der Waals surface area contributed by atoms with E-state index in [-0.39, 0.29) is 15.8 Å². The van der Waals surface area contributed by atoms with Crippen molar-refractivity contribution in [2.75, 3.05) is 12.3 Å². The van der Waals surface area contributed by atoms with Crippen molar-refractivity contribution in [3.05, 3.63) is 131 Å². The van der Waals surface area contributed by atoms with Crippen molar-refractivity contribution >= 4 is 26.5 Å². The molecule has 33 heavy (non-hydrogen) atoms. The maximum atomic E-state index is 2.37. The van der Waals surface area contributed by atoms with E-state index in [0.29, 0.717) is 0 Å². The van der Waals surface area contributed by atoms with E-state index in [1.54, 1.807) is 0 Å². The highest BCUT2D eigenvalue weighted by atomic mass is 31.1. The number of rotatable bonds is 10. The van der Waals surface area contributed by atoms with Crippen LogP contribution in [0.1, 0.15) is 28.7 Å². The Hall–Kier alpha value is -2.26. The normalized spacial score (nSPS) is 12.9. The molecule has 4 rings (SSSR count). The summed E-state index contributed by atoms with van der Waals surface area (Å²) in [5.74, 6) is 0. The Morgan fingerprint density at radius 1 is 0.485 bits per heavy atom. The highest BCUT2D eigenvalue weighted by Crippen LogP contribution is 2.44. The van der Waals surface area contributed by atoms with E-state index in [1.165, 1.54) is 63.9 Å². The van der Waals surface area contributed by atoms with E-state index in [2.05, 4.69) is 123 Å². The van der Waals surface area contributed by atoms with Gasteiger partial charge in [-0.2, -0.15) is 0 Å². The minimum absolute atomic E-state index is 0.198. The van der Waals surface area contributed by atoms with Crippen LogP contribution in [0, 0.1) is 13.8 Å². The van der Waals surface area contributed by atoms with Crippen LogP contribution in [0.25, 0.3) is 0 Å². The van der Waals surface area contributed by atoms with E-state index < -0.39 is 0 Å². The lowest BCUT2D eigenvalue weighted by molar-refractivity contribution is 1.09. The maximum Gasteiger partial charge on any atom is -0.00327 e. The van der Waals surface area contributed by atoms with Gasteiger partial charge in [0.1, 0.15) is 0 Å². The van der Waals surface area contributed by atoms with Crippen LogP contribution >= 0.6 is 15.8 Å². The van der Waals surface area contributed by atoms with E-state index in [4.69, 9.17) is 0 Å². The Morgan fingerprint density at radius 2 is 0.909 bits per heavy atom. The molecular weight excluding hydrogens is 434 g/mol. The second-order valence-corrected chi connectivity index (χ2v) is 13.6. The van der Waals surface area contributed by atoms with Gasteiger partial charge in [-0.15, -0.1) is 0 Å². The Kier molecular flexibility index (Phi) is 8.88. The summed E-state index contributed by atoms with van der Waals surface area (Å²) in [6.45, 7) is 4.40. The van der Waals surface area contributed by atoms with Gasteiger partial charge in [0, 0.05) is 0 Å². The van der Waals surface area contributed by atoms with Crippen LogP contribution in [0.3, 0.4) is 0 Å². The average molecular weight is 469 g/mol. The molecule has 0 aliphatic carbocycles. The van der Waals surface area contributed by atoms with Crippen molar-refractivity contribution in [3.63, 3.8) is 0 Å². The first-order valence-electron chi connectivity index (χ1n) is 11.9. The third kappa shape index (κ3) is 7.37. The Morgan fingerprint density at radius 3 is 1.30 bits per heavy atom. The largest absolute Gasteiger partial charge is 0.0708 e. The molecular formula is C31H34P2. The molecule has 0 fully saturated rings. The van der Waals surface area contributed by atoms with E-state index in [1.807, 2.05) is 0 Å². The monoisotopic (exact) mass is 468 g/mol. The van der Waals surface area contributed by atoms with Crippen molar-refractivity contribution in [2.24, 2.45) is 0 Å². The number of aryl methyl sites for hydroxylation is 2. The zero-order valence-corrected chi connectivity index (χ0v) is 21.6. The van der Waals surface area contributed by atoms with Gasteiger partial charge >= 0.3 is 0 Å². The van der Waals surface area contributed by atoms with E-state index in [0.717, 1.165) is 0 Å². The molecule has 0 radical (unpaired) electrons. The molecule has 0 saturated heterocycles. The summed E-state index contributed by atoms with van der Waals surface area (Å²) < 4.78 is 0. The van der Waals surface area contributed by atoms with Crippen LogP contribution in [0.15, 0.2) is 109 Å². The summed E-state index contributed by atoms with van der Waals surface area (Å²) in [6.07, 6.45) is 6.25. The third-order valence-electron chi connectivity index (χ3n) is 6.01. The minimum atomic E-state index is -0.198. The van der Waals surface area contributed by atoms with Crippen LogP contribution in [-0.2, 0) is 12.3 Å². The zero-order chi connectivity index (χ0) is 22.9. The van der Waals surface area contributed by atoms with Gasteiger partial charge in [0.15, 0.2) is 0 Å². The molecule has 0 aliphatic heterocycles. The van der Waals surface area contributed by atoms with Gasteiger partial charge in [0.25, 0.3) is 0 Å². The molecule has 0 spiro atoms. The van der Waals surface area contributed by atoms with E-state index in [9.17, 15) is 0 Å². The molecule has 0 nitrogen and oxygen atoms in total. The first kappa shape index (κ1) is 23.9. The fraction of sp³-hybridized carbons (Fsp3) is 0.226. The maximum absolute atomic E-state index is 2.37. The molecule has 2 atom stereocenters. The van der Waals surface area contributed by atoms with Crippen LogP contribution in [0.2, 0.25) is 0 Å². The predicted octanol–water partition coefficient (Wildman–Crippen LogP) is 8.01. The average Bonchev–Trinajstić information content (AvgIpc) is 2.84. The van der Waals surface area contributed by atoms with Gasteiger partial charge in [-0.05, 0) is 66.7 Å². The van der Waals surface area contributed by atoms with Gasteiger partial charge in [0.05, 0.1) is 0 Å². The second kappa shape index (κ2) is 12.3. The summed E-state index contributed by atoms with van der Waals surface area (Å²) in [5.41, 5.74) is 5.69. The predicted molar refractivity (Wildman–Crippen MR) is 150 cm³/mol.